The second kappa shape index (κ2) is 10.6. The predicted octanol–water partition coefficient (Wildman–Crippen LogP) is 2.29. The molecule has 1 unspecified atom stereocenters. The molecule has 0 aromatic rings. The van der Waals surface area contributed by atoms with Gasteiger partial charge in [0, 0.05) is 32.3 Å². The van der Waals surface area contributed by atoms with Crippen molar-refractivity contribution in [2.24, 2.45) is 4.99 Å². The molecule has 0 radical (unpaired) electrons. The second-order valence-electron chi connectivity index (χ2n) is 8.76. The van der Waals surface area contributed by atoms with E-state index in [-0.39, 0.29) is 35.1 Å². The van der Waals surface area contributed by atoms with Crippen molar-refractivity contribution in [3.05, 3.63) is 0 Å². The van der Waals surface area contributed by atoms with E-state index in [0.29, 0.717) is 0 Å². The lowest BCUT2D eigenvalue weighted by Crippen LogP contribution is -2.62. The Kier molecular flexibility index (Phi) is 9.09. The van der Waals surface area contributed by atoms with Crippen LogP contribution in [-0.4, -0.2) is 86.9 Å². The van der Waals surface area contributed by atoms with Gasteiger partial charge < -0.3 is 20.3 Å². The van der Waals surface area contributed by atoms with Crippen molar-refractivity contribution in [2.45, 2.75) is 63.0 Å². The minimum atomic E-state index is -0.0459. The first kappa shape index (κ1) is 23.2. The summed E-state index contributed by atoms with van der Waals surface area (Å²) in [5, 5.41) is 7.16. The zero-order chi connectivity index (χ0) is 18.5. The van der Waals surface area contributed by atoms with Crippen LogP contribution in [0.3, 0.4) is 0 Å². The van der Waals surface area contributed by atoms with Crippen molar-refractivity contribution in [3.8, 4) is 0 Å². The van der Waals surface area contributed by atoms with Crippen LogP contribution in [-0.2, 0) is 4.74 Å². The number of hydrogen-bond donors (Lipinski definition) is 2. The van der Waals surface area contributed by atoms with Gasteiger partial charge in [-0.3, -0.25) is 9.89 Å². The van der Waals surface area contributed by atoms with Crippen molar-refractivity contribution in [1.82, 2.24) is 20.4 Å². The Morgan fingerprint density at radius 3 is 2.22 bits per heavy atom. The van der Waals surface area contributed by atoms with Crippen LogP contribution >= 0.6 is 24.0 Å². The Balaban J connectivity index is 0.00000261. The van der Waals surface area contributed by atoms with E-state index in [1.54, 1.807) is 0 Å². The van der Waals surface area contributed by atoms with Crippen molar-refractivity contribution in [2.75, 3.05) is 60.0 Å². The zero-order valence-electron chi connectivity index (χ0n) is 17.6. The van der Waals surface area contributed by atoms with Crippen LogP contribution in [0.4, 0.5) is 0 Å². The molecule has 27 heavy (non-hydrogen) atoms. The molecule has 3 aliphatic rings. The number of nitrogens with one attached hydrogen (secondary N) is 2. The topological polar surface area (TPSA) is 52.1 Å². The Morgan fingerprint density at radius 2 is 1.63 bits per heavy atom. The fraction of sp³-hybridized carbons (Fsp3) is 0.950. The zero-order valence-corrected chi connectivity index (χ0v) is 19.9. The van der Waals surface area contributed by atoms with E-state index in [9.17, 15) is 0 Å². The monoisotopic (exact) mass is 493 g/mol. The fourth-order valence-corrected chi connectivity index (χ4v) is 4.72. The second-order valence-corrected chi connectivity index (χ2v) is 8.76. The highest BCUT2D eigenvalue weighted by atomic mass is 127. The maximum absolute atomic E-state index is 5.90. The number of halogens is 1. The van der Waals surface area contributed by atoms with Gasteiger partial charge in [-0.05, 0) is 78.7 Å². The Morgan fingerprint density at radius 1 is 0.963 bits per heavy atom. The molecule has 3 saturated heterocycles. The van der Waals surface area contributed by atoms with Crippen LogP contribution in [0.5, 0.6) is 0 Å². The minimum absolute atomic E-state index is 0. The average molecular weight is 493 g/mol. The molecule has 0 aliphatic carbocycles. The van der Waals surface area contributed by atoms with E-state index in [0.717, 1.165) is 38.5 Å². The number of rotatable bonds is 5. The molecule has 3 rings (SSSR count). The molecule has 3 aliphatic heterocycles. The molecule has 7 heteroatoms. The van der Waals surface area contributed by atoms with Gasteiger partial charge in [0.25, 0.3) is 0 Å². The lowest BCUT2D eigenvalue weighted by molar-refractivity contribution is 0.0165. The third-order valence-electron chi connectivity index (χ3n) is 6.68. The van der Waals surface area contributed by atoms with Gasteiger partial charge in [0.1, 0.15) is 0 Å². The third-order valence-corrected chi connectivity index (χ3v) is 6.68. The average Bonchev–Trinajstić information content (AvgIpc) is 3.11. The molecule has 0 aromatic carbocycles. The van der Waals surface area contributed by atoms with Crippen LogP contribution < -0.4 is 10.6 Å². The molecule has 158 valence electrons. The van der Waals surface area contributed by atoms with Crippen LogP contribution in [0.25, 0.3) is 0 Å². The highest BCUT2D eigenvalue weighted by molar-refractivity contribution is 14.0. The molecule has 3 heterocycles. The first-order valence-electron chi connectivity index (χ1n) is 10.6. The smallest absolute Gasteiger partial charge is 0.191 e. The van der Waals surface area contributed by atoms with E-state index < -0.39 is 0 Å². The number of ether oxygens (including phenoxy) is 1. The minimum Gasteiger partial charge on any atom is -0.373 e. The van der Waals surface area contributed by atoms with Gasteiger partial charge in [0.2, 0.25) is 0 Å². The first-order valence-corrected chi connectivity index (χ1v) is 10.6. The van der Waals surface area contributed by atoms with Crippen molar-refractivity contribution >= 4 is 29.9 Å². The summed E-state index contributed by atoms with van der Waals surface area (Å²) >= 11 is 0. The van der Waals surface area contributed by atoms with Gasteiger partial charge in [-0.15, -0.1) is 24.0 Å². The standard InChI is InChI=1S/C20H39N5O.HI/c1-19(8-7-15-26-19)16-22-18(21-2)23-17-20(9-13-24(3)14-10-20)25-11-5-4-6-12-25;/h4-17H2,1-3H3,(H2,21,22,23);1H. The van der Waals surface area contributed by atoms with E-state index >= 15 is 0 Å². The number of aliphatic imine (C=N–C) groups is 1. The summed E-state index contributed by atoms with van der Waals surface area (Å²) in [5.74, 6) is 0.914. The van der Waals surface area contributed by atoms with E-state index in [4.69, 9.17) is 4.74 Å². The van der Waals surface area contributed by atoms with Crippen molar-refractivity contribution in [1.29, 1.82) is 0 Å². The van der Waals surface area contributed by atoms with Gasteiger partial charge in [0.15, 0.2) is 5.96 Å². The molecular formula is C20H40IN5O. The molecule has 0 spiro atoms. The predicted molar refractivity (Wildman–Crippen MR) is 123 cm³/mol. The summed E-state index contributed by atoms with van der Waals surface area (Å²) in [4.78, 5) is 9.70. The maximum Gasteiger partial charge on any atom is 0.191 e. The Bertz CT molecular complexity index is 467. The number of piperidine rings is 2. The van der Waals surface area contributed by atoms with Gasteiger partial charge in [-0.2, -0.15) is 0 Å². The summed E-state index contributed by atoms with van der Waals surface area (Å²) in [6, 6.07) is 0. The molecule has 6 nitrogen and oxygen atoms in total. The lowest BCUT2D eigenvalue weighted by Gasteiger charge is -2.50. The highest BCUT2D eigenvalue weighted by Gasteiger charge is 2.39. The summed E-state index contributed by atoms with van der Waals surface area (Å²) in [7, 11) is 4.12. The van der Waals surface area contributed by atoms with Gasteiger partial charge >= 0.3 is 0 Å². The Hall–Kier alpha value is -0.120. The molecule has 2 N–H and O–H groups in total. The first-order chi connectivity index (χ1) is 12.6. The highest BCUT2D eigenvalue weighted by Crippen LogP contribution is 2.31. The molecule has 0 amide bonds. The molecule has 0 saturated carbocycles. The number of nitrogens with zero attached hydrogens (tertiary/aromatic N) is 3. The van der Waals surface area contributed by atoms with Crippen molar-refractivity contribution in [3.63, 3.8) is 0 Å². The Labute approximate surface area is 182 Å². The number of guanidine groups is 1. The van der Waals surface area contributed by atoms with Gasteiger partial charge in [0.05, 0.1) is 5.60 Å². The van der Waals surface area contributed by atoms with E-state index in [1.807, 2.05) is 7.05 Å². The summed E-state index contributed by atoms with van der Waals surface area (Å²) < 4.78 is 5.90. The van der Waals surface area contributed by atoms with Crippen molar-refractivity contribution < 1.29 is 4.74 Å². The molecule has 0 bridgehead atoms. The van der Waals surface area contributed by atoms with Gasteiger partial charge in [-0.1, -0.05) is 6.42 Å². The van der Waals surface area contributed by atoms with E-state index in [1.165, 1.54) is 58.3 Å². The van der Waals surface area contributed by atoms with Crippen LogP contribution in [0.1, 0.15) is 51.9 Å². The number of likely N-dealkylation sites (tertiary alicyclic amines) is 2. The van der Waals surface area contributed by atoms with Crippen LogP contribution in [0.15, 0.2) is 4.99 Å². The van der Waals surface area contributed by atoms with Crippen LogP contribution in [0, 0.1) is 0 Å². The SMILES string of the molecule is CN=C(NCC1(C)CCCO1)NCC1(N2CCCCC2)CCN(C)CC1.I. The quantitative estimate of drug-likeness (QED) is 0.350. The van der Waals surface area contributed by atoms with Crippen LogP contribution in [0.2, 0.25) is 0 Å². The fourth-order valence-electron chi connectivity index (χ4n) is 4.72. The number of hydrogen-bond acceptors (Lipinski definition) is 4. The normalized spacial score (nSPS) is 30.0. The largest absolute Gasteiger partial charge is 0.373 e. The summed E-state index contributed by atoms with van der Waals surface area (Å²) in [6.45, 7) is 9.78. The molecule has 1 atom stereocenters. The lowest BCUT2D eigenvalue weighted by atomic mass is 9.84. The maximum atomic E-state index is 5.90. The molecule has 3 fully saturated rings. The molecule has 0 aromatic heterocycles. The summed E-state index contributed by atoms with van der Waals surface area (Å²) in [5.41, 5.74) is 0.230. The van der Waals surface area contributed by atoms with Gasteiger partial charge in [-0.25, -0.2) is 0 Å². The van der Waals surface area contributed by atoms with E-state index in [2.05, 4.69) is 39.4 Å². The summed E-state index contributed by atoms with van der Waals surface area (Å²) in [6.07, 6.45) is 8.86. The third kappa shape index (κ3) is 6.18. The molecular weight excluding hydrogens is 453 g/mol.